The lowest BCUT2D eigenvalue weighted by atomic mass is 10.3. The number of hydrogen-bond donors (Lipinski definition) is 0. The van der Waals surface area contributed by atoms with Gasteiger partial charge in [-0.05, 0) is 23.6 Å². The van der Waals surface area contributed by atoms with Gasteiger partial charge in [-0.15, -0.1) is 11.3 Å². The van der Waals surface area contributed by atoms with Crippen LogP contribution in [0.25, 0.3) is 33.3 Å². The summed E-state index contributed by atoms with van der Waals surface area (Å²) in [4.78, 5) is 18.8. The molecule has 0 aromatic carbocycles. The molecule has 0 saturated heterocycles. The molecule has 0 aliphatic rings. The van der Waals surface area contributed by atoms with Gasteiger partial charge >= 0.3 is 0 Å². The number of fused-ring (bicyclic) bond motifs is 1. The number of aromatic nitrogens is 5. The zero-order chi connectivity index (χ0) is 14.2. The van der Waals surface area contributed by atoms with Gasteiger partial charge in [-0.1, -0.05) is 6.07 Å². The second kappa shape index (κ2) is 4.75. The second-order valence-corrected chi connectivity index (χ2v) is 5.56. The van der Waals surface area contributed by atoms with Crippen LogP contribution in [0.1, 0.15) is 0 Å². The molecule has 0 spiro atoms. The van der Waals surface area contributed by atoms with Crippen molar-refractivity contribution < 1.29 is 0 Å². The molecule has 4 rings (SSSR count). The van der Waals surface area contributed by atoms with Crippen LogP contribution in [0.3, 0.4) is 0 Å². The van der Waals surface area contributed by atoms with Crippen LogP contribution in [-0.4, -0.2) is 24.5 Å². The summed E-state index contributed by atoms with van der Waals surface area (Å²) < 4.78 is 2.01. The standard InChI is InChI=1S/C15H11N5S/c1-20-11-4-2-6-16-13(11)19-15(20)10-8-17-14(18-9-10)12-5-3-7-21-12/h2-9H,1H3. The van der Waals surface area contributed by atoms with E-state index < -0.39 is 0 Å². The first kappa shape index (κ1) is 12.2. The maximum atomic E-state index is 4.55. The summed E-state index contributed by atoms with van der Waals surface area (Å²) in [6.07, 6.45) is 5.36. The number of rotatable bonds is 2. The van der Waals surface area contributed by atoms with Gasteiger partial charge in [0.25, 0.3) is 0 Å². The maximum Gasteiger partial charge on any atom is 0.178 e. The van der Waals surface area contributed by atoms with Crippen molar-refractivity contribution in [2.24, 2.45) is 7.05 Å². The predicted molar refractivity (Wildman–Crippen MR) is 82.8 cm³/mol. The molecule has 0 bridgehead atoms. The molecule has 0 saturated carbocycles. The quantitative estimate of drug-likeness (QED) is 0.569. The van der Waals surface area contributed by atoms with Gasteiger partial charge in [-0.25, -0.2) is 19.9 Å². The van der Waals surface area contributed by atoms with E-state index in [2.05, 4.69) is 19.9 Å². The molecule has 0 aliphatic heterocycles. The summed E-state index contributed by atoms with van der Waals surface area (Å²) in [5, 5.41) is 2.02. The third-order valence-corrected chi connectivity index (χ3v) is 4.17. The molecular weight excluding hydrogens is 282 g/mol. The predicted octanol–water partition coefficient (Wildman–Crippen LogP) is 3.15. The fraction of sp³-hybridized carbons (Fsp3) is 0.0667. The number of aryl methyl sites for hydroxylation is 1. The number of thiophene rings is 1. The van der Waals surface area contributed by atoms with E-state index in [4.69, 9.17) is 0 Å². The minimum atomic E-state index is 0.734. The van der Waals surface area contributed by atoms with E-state index in [0.717, 1.165) is 33.3 Å². The highest BCUT2D eigenvalue weighted by atomic mass is 32.1. The van der Waals surface area contributed by atoms with Crippen molar-refractivity contribution in [1.29, 1.82) is 0 Å². The molecule has 0 fully saturated rings. The Bertz CT molecular complexity index is 894. The molecule has 0 amide bonds. The fourth-order valence-corrected chi connectivity index (χ4v) is 2.93. The van der Waals surface area contributed by atoms with E-state index >= 15 is 0 Å². The van der Waals surface area contributed by atoms with Crippen LogP contribution in [0.2, 0.25) is 0 Å². The van der Waals surface area contributed by atoms with Crippen molar-refractivity contribution >= 4 is 22.5 Å². The van der Waals surface area contributed by atoms with Crippen LogP contribution in [0.5, 0.6) is 0 Å². The van der Waals surface area contributed by atoms with Crippen LogP contribution >= 0.6 is 11.3 Å². The van der Waals surface area contributed by atoms with E-state index in [1.165, 1.54) is 0 Å². The Morgan fingerprint density at radius 2 is 1.90 bits per heavy atom. The monoisotopic (exact) mass is 293 g/mol. The molecule has 0 N–H and O–H groups in total. The first-order chi connectivity index (χ1) is 10.3. The average Bonchev–Trinajstić information content (AvgIpc) is 3.17. The molecule has 0 unspecified atom stereocenters. The van der Waals surface area contributed by atoms with E-state index in [1.54, 1.807) is 17.5 Å². The van der Waals surface area contributed by atoms with Gasteiger partial charge in [0.2, 0.25) is 0 Å². The smallest absolute Gasteiger partial charge is 0.178 e. The molecular formula is C15H11N5S. The largest absolute Gasteiger partial charge is 0.326 e. The zero-order valence-electron chi connectivity index (χ0n) is 11.3. The lowest BCUT2D eigenvalue weighted by molar-refractivity contribution is 0.954. The molecule has 0 radical (unpaired) electrons. The molecule has 6 heteroatoms. The van der Waals surface area contributed by atoms with E-state index in [0.29, 0.717) is 0 Å². The minimum absolute atomic E-state index is 0.734. The van der Waals surface area contributed by atoms with Crippen molar-refractivity contribution in [2.45, 2.75) is 0 Å². The van der Waals surface area contributed by atoms with Gasteiger partial charge in [0.15, 0.2) is 11.5 Å². The Morgan fingerprint density at radius 1 is 1.05 bits per heavy atom. The van der Waals surface area contributed by atoms with Gasteiger partial charge in [-0.3, -0.25) is 0 Å². The molecule has 4 heterocycles. The maximum absolute atomic E-state index is 4.55. The Balaban J connectivity index is 1.80. The third kappa shape index (κ3) is 2.00. The summed E-state index contributed by atoms with van der Waals surface area (Å²) in [5.41, 5.74) is 2.61. The highest BCUT2D eigenvalue weighted by Gasteiger charge is 2.11. The van der Waals surface area contributed by atoms with Crippen molar-refractivity contribution in [3.63, 3.8) is 0 Å². The Morgan fingerprint density at radius 3 is 2.62 bits per heavy atom. The zero-order valence-corrected chi connectivity index (χ0v) is 12.1. The van der Waals surface area contributed by atoms with Crippen LogP contribution in [-0.2, 0) is 7.05 Å². The second-order valence-electron chi connectivity index (χ2n) is 4.61. The Hall–Kier alpha value is -2.60. The third-order valence-electron chi connectivity index (χ3n) is 3.31. The summed E-state index contributed by atoms with van der Waals surface area (Å²) >= 11 is 1.63. The van der Waals surface area contributed by atoms with Crippen molar-refractivity contribution in [3.8, 4) is 22.1 Å². The van der Waals surface area contributed by atoms with Crippen LogP contribution in [0.15, 0.2) is 48.2 Å². The summed E-state index contributed by atoms with van der Waals surface area (Å²) in [6.45, 7) is 0. The normalized spacial score (nSPS) is 11.1. The Labute approximate surface area is 125 Å². The SMILES string of the molecule is Cn1c(-c2cnc(-c3cccs3)nc2)nc2ncccc21. The molecule has 0 aliphatic carbocycles. The first-order valence-corrected chi connectivity index (χ1v) is 7.34. The molecule has 5 nitrogen and oxygen atoms in total. The number of imidazole rings is 1. The van der Waals surface area contributed by atoms with Crippen LogP contribution < -0.4 is 0 Å². The molecule has 4 aromatic rings. The number of hydrogen-bond acceptors (Lipinski definition) is 5. The lowest BCUT2D eigenvalue weighted by Crippen LogP contribution is -1.95. The molecule has 0 atom stereocenters. The molecule has 102 valence electrons. The molecule has 21 heavy (non-hydrogen) atoms. The average molecular weight is 293 g/mol. The minimum Gasteiger partial charge on any atom is -0.326 e. The lowest BCUT2D eigenvalue weighted by Gasteiger charge is -2.02. The summed E-state index contributed by atoms with van der Waals surface area (Å²) in [6, 6.07) is 7.91. The van der Waals surface area contributed by atoms with Gasteiger partial charge in [0.05, 0.1) is 16.0 Å². The van der Waals surface area contributed by atoms with Crippen molar-refractivity contribution in [2.75, 3.05) is 0 Å². The fourth-order valence-electron chi connectivity index (χ4n) is 2.26. The van der Waals surface area contributed by atoms with E-state index in [9.17, 15) is 0 Å². The van der Waals surface area contributed by atoms with Gasteiger partial charge < -0.3 is 4.57 Å². The van der Waals surface area contributed by atoms with Gasteiger partial charge in [-0.2, -0.15) is 0 Å². The topological polar surface area (TPSA) is 56.5 Å². The summed E-state index contributed by atoms with van der Waals surface area (Å²) in [7, 11) is 1.97. The number of nitrogens with zero attached hydrogens (tertiary/aromatic N) is 5. The summed E-state index contributed by atoms with van der Waals surface area (Å²) in [5.74, 6) is 1.56. The first-order valence-electron chi connectivity index (χ1n) is 6.46. The van der Waals surface area contributed by atoms with Crippen LogP contribution in [0, 0.1) is 0 Å². The highest BCUT2D eigenvalue weighted by Crippen LogP contribution is 2.24. The Kier molecular flexibility index (Phi) is 2.75. The highest BCUT2D eigenvalue weighted by molar-refractivity contribution is 7.13. The molecule has 4 aromatic heterocycles. The van der Waals surface area contributed by atoms with Crippen molar-refractivity contribution in [1.82, 2.24) is 24.5 Å². The number of pyridine rings is 1. The van der Waals surface area contributed by atoms with Gasteiger partial charge in [0, 0.05) is 25.6 Å². The van der Waals surface area contributed by atoms with E-state index in [-0.39, 0.29) is 0 Å². The van der Waals surface area contributed by atoms with Crippen LogP contribution in [0.4, 0.5) is 0 Å². The van der Waals surface area contributed by atoms with E-state index in [1.807, 2.05) is 53.7 Å². The van der Waals surface area contributed by atoms with Crippen molar-refractivity contribution in [3.05, 3.63) is 48.2 Å². The van der Waals surface area contributed by atoms with Gasteiger partial charge in [0.1, 0.15) is 5.82 Å².